The van der Waals surface area contributed by atoms with Crippen molar-refractivity contribution in [2.75, 3.05) is 20.3 Å². The van der Waals surface area contributed by atoms with Gasteiger partial charge >= 0.3 is 6.03 Å². The molecule has 1 aliphatic rings. The average Bonchev–Trinajstić information content (AvgIpc) is 2.75. The largest absolute Gasteiger partial charge is 0.326 e. The van der Waals surface area contributed by atoms with Gasteiger partial charge in [0.25, 0.3) is 5.91 Å². The molecule has 1 fully saturated rings. The number of imide groups is 1. The molecule has 1 N–H and O–H groups in total. The van der Waals surface area contributed by atoms with Crippen LogP contribution in [-0.4, -0.2) is 47.5 Å². The van der Waals surface area contributed by atoms with Gasteiger partial charge in [0.2, 0.25) is 0 Å². The van der Waals surface area contributed by atoms with Gasteiger partial charge in [0.05, 0.1) is 6.67 Å². The number of amides is 3. The first-order chi connectivity index (χ1) is 12.2. The molecule has 0 saturated carbocycles. The zero-order valence-corrected chi connectivity index (χ0v) is 17.7. The Morgan fingerprint density at radius 2 is 1.77 bits per heavy atom. The summed E-state index contributed by atoms with van der Waals surface area (Å²) in [4.78, 5) is 28.3. The lowest BCUT2D eigenvalue weighted by atomic mass is 9.97. The van der Waals surface area contributed by atoms with E-state index in [1.807, 2.05) is 33.9 Å². The smallest absolute Gasteiger partial charge is 0.323 e. The zero-order valence-electron chi connectivity index (χ0n) is 17.7. The molecule has 0 aromatic heterocycles. The van der Waals surface area contributed by atoms with Crippen molar-refractivity contribution >= 4 is 11.9 Å². The first-order valence-corrected chi connectivity index (χ1v) is 10.1. The van der Waals surface area contributed by atoms with Crippen LogP contribution in [0.1, 0.15) is 79.6 Å². The maximum Gasteiger partial charge on any atom is 0.326 e. The minimum absolute atomic E-state index is 0.125. The van der Waals surface area contributed by atoms with Crippen molar-refractivity contribution in [2.45, 2.75) is 85.1 Å². The van der Waals surface area contributed by atoms with Gasteiger partial charge in [-0.15, -0.1) is 0 Å². The quantitative estimate of drug-likeness (QED) is 0.314. The molecule has 0 aromatic rings. The van der Waals surface area contributed by atoms with Crippen molar-refractivity contribution in [1.29, 1.82) is 0 Å². The normalized spacial score (nSPS) is 20.2. The summed E-state index contributed by atoms with van der Waals surface area (Å²) < 4.78 is 0. The molecule has 26 heavy (non-hydrogen) atoms. The van der Waals surface area contributed by atoms with Crippen LogP contribution < -0.4 is 5.32 Å². The van der Waals surface area contributed by atoms with Gasteiger partial charge in [-0.2, -0.15) is 0 Å². The third-order valence-electron chi connectivity index (χ3n) is 4.97. The Bertz CT molecular complexity index is 497. The van der Waals surface area contributed by atoms with Gasteiger partial charge in [-0.05, 0) is 53.1 Å². The van der Waals surface area contributed by atoms with Crippen LogP contribution >= 0.6 is 0 Å². The van der Waals surface area contributed by atoms with Crippen molar-refractivity contribution < 1.29 is 9.59 Å². The summed E-state index contributed by atoms with van der Waals surface area (Å²) in [6.07, 6.45) is 10.1. The van der Waals surface area contributed by atoms with Gasteiger partial charge in [-0.1, -0.05) is 57.6 Å². The average molecular weight is 366 g/mol. The second-order valence-corrected chi connectivity index (χ2v) is 8.65. The summed E-state index contributed by atoms with van der Waals surface area (Å²) in [6, 6.07) is -0.278. The van der Waals surface area contributed by atoms with Gasteiger partial charge in [0.1, 0.15) is 5.54 Å². The highest BCUT2D eigenvalue weighted by Crippen LogP contribution is 2.22. The number of rotatable bonds is 12. The molecule has 150 valence electrons. The van der Waals surface area contributed by atoms with Crippen LogP contribution in [0.15, 0.2) is 11.6 Å². The van der Waals surface area contributed by atoms with Crippen LogP contribution in [0, 0.1) is 5.92 Å². The van der Waals surface area contributed by atoms with E-state index in [1.165, 1.54) is 37.0 Å². The second kappa shape index (κ2) is 10.7. The highest BCUT2D eigenvalue weighted by molar-refractivity contribution is 6.06. The van der Waals surface area contributed by atoms with E-state index in [0.29, 0.717) is 13.1 Å². The van der Waals surface area contributed by atoms with Crippen LogP contribution in [0.3, 0.4) is 0 Å². The molecule has 3 amide bonds. The monoisotopic (exact) mass is 365 g/mol. The molecule has 5 heteroatoms. The summed E-state index contributed by atoms with van der Waals surface area (Å²) in [7, 11) is 1.98. The highest BCUT2D eigenvalue weighted by atomic mass is 16.2. The van der Waals surface area contributed by atoms with Gasteiger partial charge in [0, 0.05) is 0 Å². The van der Waals surface area contributed by atoms with Gasteiger partial charge in [0.15, 0.2) is 0 Å². The first-order valence-electron chi connectivity index (χ1n) is 10.1. The zero-order chi connectivity index (χ0) is 19.7. The Morgan fingerprint density at radius 3 is 2.38 bits per heavy atom. The Morgan fingerprint density at radius 1 is 1.15 bits per heavy atom. The summed E-state index contributed by atoms with van der Waals surface area (Å²) in [6.45, 7) is 11.6. The molecule has 0 spiro atoms. The van der Waals surface area contributed by atoms with E-state index in [2.05, 4.69) is 24.1 Å². The molecule has 1 saturated heterocycles. The van der Waals surface area contributed by atoms with E-state index in [9.17, 15) is 9.59 Å². The fraction of sp³-hybridized carbons (Fsp3) is 0.810. The van der Waals surface area contributed by atoms with Crippen LogP contribution in [0.2, 0.25) is 0 Å². The molecule has 0 bridgehead atoms. The van der Waals surface area contributed by atoms with Crippen molar-refractivity contribution in [2.24, 2.45) is 5.92 Å². The number of allylic oxidation sites excluding steroid dienone is 1. The van der Waals surface area contributed by atoms with Gasteiger partial charge < -0.3 is 5.32 Å². The lowest BCUT2D eigenvalue weighted by molar-refractivity contribution is -0.132. The Balaban J connectivity index is 2.33. The molecule has 1 unspecified atom stereocenters. The maximum absolute atomic E-state index is 12.7. The Hall–Kier alpha value is -1.36. The Kier molecular flexibility index (Phi) is 9.34. The third kappa shape index (κ3) is 7.48. The summed E-state index contributed by atoms with van der Waals surface area (Å²) in [5.41, 5.74) is 0.336. The minimum atomic E-state index is -0.814. The molecular formula is C21H39N3O2. The predicted molar refractivity (Wildman–Crippen MR) is 108 cm³/mol. The molecule has 1 aliphatic heterocycles. The maximum atomic E-state index is 12.7. The third-order valence-corrected chi connectivity index (χ3v) is 4.97. The fourth-order valence-corrected chi connectivity index (χ4v) is 3.20. The number of nitrogens with one attached hydrogen (secondary N) is 1. The standard InChI is InChI=1S/C21H39N3O2/c1-17(2)12-10-8-7-9-11-15-23(6)16-24-19(25)21(5,22-20(24)26)14-13-18(3)4/h13,17H,7-12,14-16H2,1-6H3,(H,22,26). The van der Waals surface area contributed by atoms with Gasteiger partial charge in [-0.3, -0.25) is 9.69 Å². The number of urea groups is 1. The number of hydrogen-bond donors (Lipinski definition) is 1. The van der Waals surface area contributed by atoms with E-state index >= 15 is 0 Å². The van der Waals surface area contributed by atoms with Crippen molar-refractivity contribution in [3.8, 4) is 0 Å². The lowest BCUT2D eigenvalue weighted by Gasteiger charge is -2.24. The summed E-state index contributed by atoms with van der Waals surface area (Å²) >= 11 is 0. The van der Waals surface area contributed by atoms with Crippen LogP contribution in [0.5, 0.6) is 0 Å². The SMILES string of the molecule is CC(C)=CCC1(C)NC(=O)N(CN(C)CCCCCCCC(C)C)C1=O. The van der Waals surface area contributed by atoms with E-state index in [4.69, 9.17) is 0 Å². The van der Waals surface area contributed by atoms with Crippen molar-refractivity contribution in [3.05, 3.63) is 11.6 Å². The van der Waals surface area contributed by atoms with Crippen LogP contribution in [-0.2, 0) is 4.79 Å². The predicted octanol–water partition coefficient (Wildman–Crippen LogP) is 4.54. The van der Waals surface area contributed by atoms with Gasteiger partial charge in [-0.25, -0.2) is 9.69 Å². The topological polar surface area (TPSA) is 52.7 Å². The highest BCUT2D eigenvalue weighted by Gasteiger charge is 2.47. The van der Waals surface area contributed by atoms with Crippen LogP contribution in [0.25, 0.3) is 0 Å². The van der Waals surface area contributed by atoms with E-state index in [1.54, 1.807) is 0 Å². The van der Waals surface area contributed by atoms with Crippen molar-refractivity contribution in [3.63, 3.8) is 0 Å². The molecule has 0 aromatic carbocycles. The molecular weight excluding hydrogens is 326 g/mol. The number of carbonyl (C=O) groups excluding carboxylic acids is 2. The molecule has 1 heterocycles. The minimum Gasteiger partial charge on any atom is -0.323 e. The molecule has 1 atom stereocenters. The number of hydrogen-bond acceptors (Lipinski definition) is 3. The molecule has 1 rings (SSSR count). The molecule has 0 radical (unpaired) electrons. The summed E-state index contributed by atoms with van der Waals surface area (Å²) in [5.74, 6) is 0.674. The number of carbonyl (C=O) groups is 2. The van der Waals surface area contributed by atoms with E-state index < -0.39 is 5.54 Å². The molecule has 5 nitrogen and oxygen atoms in total. The number of nitrogens with zero attached hydrogens (tertiary/aromatic N) is 2. The van der Waals surface area contributed by atoms with E-state index in [-0.39, 0.29) is 11.9 Å². The van der Waals surface area contributed by atoms with E-state index in [0.717, 1.165) is 24.5 Å². The summed E-state index contributed by atoms with van der Waals surface area (Å²) in [5, 5.41) is 2.86. The fourth-order valence-electron chi connectivity index (χ4n) is 3.20. The van der Waals surface area contributed by atoms with Crippen molar-refractivity contribution in [1.82, 2.24) is 15.1 Å². The number of unbranched alkanes of at least 4 members (excludes halogenated alkanes) is 4. The molecule has 0 aliphatic carbocycles. The Labute approximate surface area is 160 Å². The first kappa shape index (κ1) is 22.7. The lowest BCUT2D eigenvalue weighted by Crippen LogP contribution is -2.44. The second-order valence-electron chi connectivity index (χ2n) is 8.65. The van der Waals surface area contributed by atoms with Crippen LogP contribution in [0.4, 0.5) is 4.79 Å².